The molecule has 2 atom stereocenters. The normalized spacial score (nSPS) is 18.3. The molecular weight excluding hydrogens is 578 g/mol. The molecule has 2 fully saturated rings. The molecule has 0 spiro atoms. The Balaban J connectivity index is 1.13. The standard InChI is InChI=1S/C40H43N7/c1-40(2,3)30-16-12-29(13-17-30)37-32(26-8-10-27(11-9-26)35-24-43-38(45-35)33-6-4-21-41-33)20-23-47(37)31-18-14-28(15-19-31)36-25-44-39(46-36)34-7-5-22-42-34/h8-20,23-25,33-34,41-42H,4-7,21-22H2,1-3H3,(H,43,45)(H,44,46)/t33-,34-/m0/s1. The lowest BCUT2D eigenvalue weighted by Gasteiger charge is -2.20. The van der Waals surface area contributed by atoms with Gasteiger partial charge < -0.3 is 25.2 Å². The number of benzene rings is 3. The molecule has 8 rings (SSSR count). The first-order valence-corrected chi connectivity index (χ1v) is 17.0. The summed E-state index contributed by atoms with van der Waals surface area (Å²) >= 11 is 0. The number of aromatic nitrogens is 5. The van der Waals surface area contributed by atoms with Crippen LogP contribution in [0.25, 0.3) is 50.6 Å². The second-order valence-electron chi connectivity index (χ2n) is 14.1. The minimum atomic E-state index is 0.0930. The highest BCUT2D eigenvalue weighted by atomic mass is 15.0. The van der Waals surface area contributed by atoms with Crippen LogP contribution < -0.4 is 10.6 Å². The van der Waals surface area contributed by atoms with Gasteiger partial charge in [0.2, 0.25) is 0 Å². The molecule has 0 radical (unpaired) electrons. The highest BCUT2D eigenvalue weighted by Crippen LogP contribution is 2.38. The molecule has 0 unspecified atom stereocenters. The predicted octanol–water partition coefficient (Wildman–Crippen LogP) is 8.74. The van der Waals surface area contributed by atoms with Crippen molar-refractivity contribution in [3.63, 3.8) is 0 Å². The van der Waals surface area contributed by atoms with Crippen molar-refractivity contribution in [1.82, 2.24) is 35.1 Å². The zero-order valence-electron chi connectivity index (χ0n) is 27.5. The molecule has 2 aliphatic rings. The van der Waals surface area contributed by atoms with E-state index in [4.69, 9.17) is 0 Å². The predicted molar refractivity (Wildman–Crippen MR) is 190 cm³/mol. The van der Waals surface area contributed by atoms with Crippen LogP contribution in [-0.4, -0.2) is 37.6 Å². The van der Waals surface area contributed by atoms with Gasteiger partial charge >= 0.3 is 0 Å². The van der Waals surface area contributed by atoms with Crippen LogP contribution in [0.15, 0.2) is 97.5 Å². The maximum absolute atomic E-state index is 4.68. The third-order valence-electron chi connectivity index (χ3n) is 9.85. The Hall–Kier alpha value is -4.72. The fourth-order valence-electron chi connectivity index (χ4n) is 7.09. The number of rotatable bonds is 7. The zero-order chi connectivity index (χ0) is 32.0. The summed E-state index contributed by atoms with van der Waals surface area (Å²) in [7, 11) is 0. The topological polar surface area (TPSA) is 86.3 Å². The monoisotopic (exact) mass is 621 g/mol. The summed E-state index contributed by atoms with van der Waals surface area (Å²) in [5.41, 5.74) is 11.7. The molecular formula is C40H43N7. The van der Waals surface area contributed by atoms with Gasteiger partial charge in [0, 0.05) is 17.4 Å². The summed E-state index contributed by atoms with van der Waals surface area (Å²) in [5.74, 6) is 2.06. The molecule has 0 aliphatic carbocycles. The minimum Gasteiger partial charge on any atom is -0.341 e. The smallest absolute Gasteiger partial charge is 0.123 e. The molecule has 3 aromatic heterocycles. The minimum absolute atomic E-state index is 0.0930. The summed E-state index contributed by atoms with van der Waals surface area (Å²) in [6.45, 7) is 8.91. The van der Waals surface area contributed by atoms with Crippen LogP contribution >= 0.6 is 0 Å². The number of hydrogen-bond acceptors (Lipinski definition) is 4. The average Bonchev–Trinajstić information content (AvgIpc) is 3.94. The van der Waals surface area contributed by atoms with Crippen LogP contribution in [0.5, 0.6) is 0 Å². The molecule has 0 amide bonds. The third kappa shape index (κ3) is 5.86. The van der Waals surface area contributed by atoms with Crippen LogP contribution in [0, 0.1) is 0 Å². The maximum Gasteiger partial charge on any atom is 0.123 e. The van der Waals surface area contributed by atoms with Gasteiger partial charge in [-0.2, -0.15) is 0 Å². The largest absolute Gasteiger partial charge is 0.341 e. The van der Waals surface area contributed by atoms with E-state index in [0.717, 1.165) is 65.8 Å². The first kappa shape index (κ1) is 29.7. The van der Waals surface area contributed by atoms with Gasteiger partial charge in [-0.05, 0) is 90.2 Å². The van der Waals surface area contributed by atoms with Crippen molar-refractivity contribution in [2.24, 2.45) is 0 Å². The van der Waals surface area contributed by atoms with Crippen LogP contribution in [0.3, 0.4) is 0 Å². The summed E-state index contributed by atoms with van der Waals surface area (Å²) in [4.78, 5) is 16.5. The Morgan fingerprint density at radius 2 is 1.13 bits per heavy atom. The molecule has 3 aromatic carbocycles. The van der Waals surface area contributed by atoms with Crippen molar-refractivity contribution in [2.45, 2.75) is 64.0 Å². The first-order chi connectivity index (χ1) is 22.9. The molecule has 5 heterocycles. The van der Waals surface area contributed by atoms with Gasteiger partial charge in [0.05, 0.1) is 41.6 Å². The van der Waals surface area contributed by atoms with E-state index in [9.17, 15) is 0 Å². The van der Waals surface area contributed by atoms with Gasteiger partial charge in [-0.1, -0.05) is 81.4 Å². The summed E-state index contributed by atoms with van der Waals surface area (Å²) in [6.07, 6.45) is 10.8. The lowest BCUT2D eigenvalue weighted by Crippen LogP contribution is -2.14. The van der Waals surface area contributed by atoms with E-state index < -0.39 is 0 Å². The highest BCUT2D eigenvalue weighted by Gasteiger charge is 2.22. The van der Waals surface area contributed by atoms with Crippen LogP contribution in [0.4, 0.5) is 0 Å². The van der Waals surface area contributed by atoms with Crippen molar-refractivity contribution in [1.29, 1.82) is 0 Å². The maximum atomic E-state index is 4.68. The number of nitrogens with one attached hydrogen (secondary N) is 4. The molecule has 47 heavy (non-hydrogen) atoms. The Labute approximate surface area is 276 Å². The Morgan fingerprint density at radius 1 is 0.617 bits per heavy atom. The SMILES string of the molecule is CC(C)(C)c1ccc(-c2c(-c3ccc(-c4cnc([C@@H]5CCCN5)[nH]4)cc3)ccn2-c2ccc(-c3cnc([C@@H]4CCCN4)[nH]3)cc2)cc1. The number of H-pyrrole nitrogens is 2. The summed E-state index contributed by atoms with van der Waals surface area (Å²) in [6, 6.07) is 29.6. The first-order valence-electron chi connectivity index (χ1n) is 17.0. The Kier molecular flexibility index (Phi) is 7.66. The van der Waals surface area contributed by atoms with E-state index in [1.54, 1.807) is 0 Å². The van der Waals surface area contributed by atoms with Gasteiger partial charge in [0.1, 0.15) is 11.6 Å². The molecule has 0 saturated carbocycles. The highest BCUT2D eigenvalue weighted by molar-refractivity contribution is 5.84. The van der Waals surface area contributed by atoms with E-state index >= 15 is 0 Å². The molecule has 0 bridgehead atoms. The van der Waals surface area contributed by atoms with Crippen molar-refractivity contribution in [3.8, 4) is 50.6 Å². The van der Waals surface area contributed by atoms with Gasteiger partial charge in [-0.3, -0.25) is 0 Å². The van der Waals surface area contributed by atoms with E-state index in [1.807, 2.05) is 12.4 Å². The van der Waals surface area contributed by atoms with Crippen molar-refractivity contribution in [3.05, 3.63) is 115 Å². The lowest BCUT2D eigenvalue weighted by atomic mass is 9.86. The van der Waals surface area contributed by atoms with Gasteiger partial charge in [0.15, 0.2) is 0 Å². The number of hydrogen-bond donors (Lipinski definition) is 4. The second kappa shape index (κ2) is 12.1. The van der Waals surface area contributed by atoms with E-state index in [-0.39, 0.29) is 5.41 Å². The molecule has 7 nitrogen and oxygen atoms in total. The lowest BCUT2D eigenvalue weighted by molar-refractivity contribution is 0.590. The second-order valence-corrected chi connectivity index (χ2v) is 14.1. The van der Waals surface area contributed by atoms with Crippen molar-refractivity contribution >= 4 is 0 Å². The molecule has 7 heteroatoms. The number of imidazole rings is 2. The molecule has 238 valence electrons. The average molecular weight is 622 g/mol. The van der Waals surface area contributed by atoms with Crippen molar-refractivity contribution < 1.29 is 0 Å². The summed E-state index contributed by atoms with van der Waals surface area (Å²) < 4.78 is 2.32. The molecule has 6 aromatic rings. The van der Waals surface area contributed by atoms with E-state index in [2.05, 4.69) is 141 Å². The zero-order valence-corrected chi connectivity index (χ0v) is 27.5. The fraction of sp³-hybridized carbons (Fsp3) is 0.300. The van der Waals surface area contributed by atoms with Crippen LogP contribution in [0.2, 0.25) is 0 Å². The Bertz CT molecular complexity index is 1840. The molecule has 2 aliphatic heterocycles. The van der Waals surface area contributed by atoms with E-state index in [1.165, 1.54) is 40.8 Å². The number of nitrogens with zero attached hydrogens (tertiary/aromatic N) is 3. The van der Waals surface area contributed by atoms with Gasteiger partial charge in [0.25, 0.3) is 0 Å². The quantitative estimate of drug-likeness (QED) is 0.144. The Morgan fingerprint density at radius 3 is 1.64 bits per heavy atom. The van der Waals surface area contributed by atoms with Crippen LogP contribution in [-0.2, 0) is 5.41 Å². The molecule has 4 N–H and O–H groups in total. The fourth-order valence-corrected chi connectivity index (χ4v) is 7.09. The van der Waals surface area contributed by atoms with E-state index in [0.29, 0.717) is 12.1 Å². The van der Waals surface area contributed by atoms with Gasteiger partial charge in [-0.25, -0.2) is 9.97 Å². The number of aromatic amines is 2. The van der Waals surface area contributed by atoms with Gasteiger partial charge in [-0.15, -0.1) is 0 Å². The third-order valence-corrected chi connectivity index (χ3v) is 9.85. The summed E-state index contributed by atoms with van der Waals surface area (Å²) in [5, 5.41) is 7.07. The van der Waals surface area contributed by atoms with Crippen LogP contribution in [0.1, 0.15) is 75.8 Å². The molecule has 2 saturated heterocycles. The van der Waals surface area contributed by atoms with Crippen molar-refractivity contribution in [2.75, 3.05) is 13.1 Å².